The molecule has 4 heteroatoms. The standard InChI is InChI=1S/C11H10BrNO2/c12-7-3-1-6-2-4-8(9(6)5-7)10(13)11(14)15/h1-5,8,10H,13H2,(H,14,15)/t8-,10?/m0/s1. The Morgan fingerprint density at radius 1 is 1.53 bits per heavy atom. The van der Waals surface area contributed by atoms with E-state index in [2.05, 4.69) is 15.9 Å². The summed E-state index contributed by atoms with van der Waals surface area (Å²) in [5.41, 5.74) is 7.63. The van der Waals surface area contributed by atoms with E-state index >= 15 is 0 Å². The number of fused-ring (bicyclic) bond motifs is 1. The van der Waals surface area contributed by atoms with Gasteiger partial charge < -0.3 is 10.8 Å². The number of nitrogens with two attached hydrogens (primary N) is 1. The third-order valence-electron chi connectivity index (χ3n) is 2.56. The molecule has 15 heavy (non-hydrogen) atoms. The lowest BCUT2D eigenvalue weighted by Gasteiger charge is -2.15. The van der Waals surface area contributed by atoms with Crippen LogP contribution < -0.4 is 5.73 Å². The van der Waals surface area contributed by atoms with Gasteiger partial charge in [0.15, 0.2) is 0 Å². The number of rotatable bonds is 2. The van der Waals surface area contributed by atoms with E-state index in [9.17, 15) is 4.79 Å². The summed E-state index contributed by atoms with van der Waals surface area (Å²) < 4.78 is 0.938. The normalized spacial score (nSPS) is 20.0. The Bertz CT molecular complexity index is 442. The summed E-state index contributed by atoms with van der Waals surface area (Å²) >= 11 is 3.36. The highest BCUT2D eigenvalue weighted by atomic mass is 79.9. The molecule has 3 nitrogen and oxygen atoms in total. The predicted octanol–water partition coefficient (Wildman–Crippen LogP) is 1.97. The SMILES string of the molecule is NC(C(=O)O)[C@H]1C=Cc2ccc(Br)cc21. The summed E-state index contributed by atoms with van der Waals surface area (Å²) in [5, 5.41) is 8.87. The average molecular weight is 268 g/mol. The van der Waals surface area contributed by atoms with Crippen molar-refractivity contribution in [2.75, 3.05) is 0 Å². The summed E-state index contributed by atoms with van der Waals surface area (Å²) in [4.78, 5) is 10.8. The number of carbonyl (C=O) groups is 1. The van der Waals surface area contributed by atoms with Gasteiger partial charge in [-0.25, -0.2) is 0 Å². The zero-order valence-electron chi connectivity index (χ0n) is 7.85. The van der Waals surface area contributed by atoms with Gasteiger partial charge in [0.2, 0.25) is 0 Å². The fraction of sp³-hybridized carbons (Fsp3) is 0.182. The Morgan fingerprint density at radius 3 is 2.93 bits per heavy atom. The third kappa shape index (κ3) is 1.82. The number of aliphatic carboxylic acids is 1. The van der Waals surface area contributed by atoms with Gasteiger partial charge in [0.25, 0.3) is 0 Å². The number of halogens is 1. The van der Waals surface area contributed by atoms with Gasteiger partial charge in [0.1, 0.15) is 6.04 Å². The summed E-state index contributed by atoms with van der Waals surface area (Å²) in [7, 11) is 0. The number of hydrogen-bond acceptors (Lipinski definition) is 2. The minimum atomic E-state index is -0.975. The molecule has 1 aliphatic carbocycles. The van der Waals surface area contributed by atoms with E-state index in [4.69, 9.17) is 10.8 Å². The fourth-order valence-electron chi connectivity index (χ4n) is 1.76. The topological polar surface area (TPSA) is 63.3 Å². The zero-order chi connectivity index (χ0) is 11.0. The van der Waals surface area contributed by atoms with Crippen LogP contribution in [0.25, 0.3) is 6.08 Å². The highest BCUT2D eigenvalue weighted by Gasteiger charge is 2.28. The smallest absolute Gasteiger partial charge is 0.321 e. The number of carboxylic acid groups (broad SMARTS) is 1. The van der Waals surface area contributed by atoms with Gasteiger partial charge in [-0.15, -0.1) is 0 Å². The molecule has 0 amide bonds. The van der Waals surface area contributed by atoms with E-state index in [-0.39, 0.29) is 5.92 Å². The number of hydrogen-bond donors (Lipinski definition) is 2. The molecule has 0 heterocycles. The Hall–Kier alpha value is -1.13. The molecule has 1 unspecified atom stereocenters. The van der Waals surface area contributed by atoms with Gasteiger partial charge >= 0.3 is 5.97 Å². The van der Waals surface area contributed by atoms with Gasteiger partial charge in [-0.3, -0.25) is 4.79 Å². The lowest BCUT2D eigenvalue weighted by Crippen LogP contribution is -2.35. The highest BCUT2D eigenvalue weighted by Crippen LogP contribution is 2.33. The van der Waals surface area contributed by atoms with Crippen molar-refractivity contribution in [3.05, 3.63) is 39.9 Å². The molecule has 0 radical (unpaired) electrons. The van der Waals surface area contributed by atoms with E-state index in [1.807, 2.05) is 30.4 Å². The monoisotopic (exact) mass is 267 g/mol. The maximum absolute atomic E-state index is 10.8. The first kappa shape index (κ1) is 10.4. The molecular formula is C11H10BrNO2. The number of carboxylic acids is 1. The van der Waals surface area contributed by atoms with Gasteiger partial charge in [-0.05, 0) is 23.3 Å². The maximum atomic E-state index is 10.8. The first-order valence-corrected chi connectivity index (χ1v) is 5.35. The van der Waals surface area contributed by atoms with Crippen LogP contribution in [0, 0.1) is 0 Å². The minimum absolute atomic E-state index is 0.227. The van der Waals surface area contributed by atoms with E-state index < -0.39 is 12.0 Å². The van der Waals surface area contributed by atoms with Gasteiger partial charge in [0, 0.05) is 10.4 Å². The zero-order valence-corrected chi connectivity index (χ0v) is 9.44. The molecule has 0 fully saturated rings. The van der Waals surface area contributed by atoms with E-state index in [1.54, 1.807) is 0 Å². The molecule has 1 aromatic carbocycles. The second kappa shape index (κ2) is 3.79. The van der Waals surface area contributed by atoms with Crippen LogP contribution in [0.15, 0.2) is 28.7 Å². The summed E-state index contributed by atoms with van der Waals surface area (Å²) in [5.74, 6) is -1.20. The van der Waals surface area contributed by atoms with Crippen molar-refractivity contribution in [2.24, 2.45) is 5.73 Å². The van der Waals surface area contributed by atoms with Crippen LogP contribution in [0.1, 0.15) is 17.0 Å². The molecule has 2 atom stereocenters. The predicted molar refractivity (Wildman–Crippen MR) is 61.5 cm³/mol. The van der Waals surface area contributed by atoms with Crippen LogP contribution in [0.3, 0.4) is 0 Å². The van der Waals surface area contributed by atoms with Crippen LogP contribution in [0.5, 0.6) is 0 Å². The molecule has 0 aromatic heterocycles. The third-order valence-corrected chi connectivity index (χ3v) is 3.06. The van der Waals surface area contributed by atoms with E-state index in [1.165, 1.54) is 0 Å². The van der Waals surface area contributed by atoms with Crippen LogP contribution in [-0.4, -0.2) is 17.1 Å². The molecule has 0 saturated carbocycles. The molecule has 2 rings (SSSR count). The minimum Gasteiger partial charge on any atom is -0.480 e. The summed E-state index contributed by atoms with van der Waals surface area (Å²) in [6.45, 7) is 0. The van der Waals surface area contributed by atoms with Gasteiger partial charge in [-0.2, -0.15) is 0 Å². The molecule has 0 bridgehead atoms. The van der Waals surface area contributed by atoms with E-state index in [0.29, 0.717) is 0 Å². The summed E-state index contributed by atoms with van der Waals surface area (Å²) in [6.07, 6.45) is 3.76. The van der Waals surface area contributed by atoms with Crippen molar-refractivity contribution < 1.29 is 9.90 Å². The van der Waals surface area contributed by atoms with Crippen molar-refractivity contribution in [3.63, 3.8) is 0 Å². The Labute approximate surface area is 95.7 Å². The average Bonchev–Trinajstić information content (AvgIpc) is 2.59. The lowest BCUT2D eigenvalue weighted by atomic mass is 9.94. The van der Waals surface area contributed by atoms with Crippen LogP contribution >= 0.6 is 15.9 Å². The van der Waals surface area contributed by atoms with Crippen molar-refractivity contribution in [2.45, 2.75) is 12.0 Å². The van der Waals surface area contributed by atoms with Gasteiger partial charge in [0.05, 0.1) is 0 Å². The molecule has 1 aliphatic rings. The highest BCUT2D eigenvalue weighted by molar-refractivity contribution is 9.10. The lowest BCUT2D eigenvalue weighted by molar-refractivity contribution is -0.138. The Kier molecular flexibility index (Phi) is 2.63. The molecule has 3 N–H and O–H groups in total. The van der Waals surface area contributed by atoms with Crippen molar-refractivity contribution in [3.8, 4) is 0 Å². The first-order valence-electron chi connectivity index (χ1n) is 4.55. The van der Waals surface area contributed by atoms with Crippen LogP contribution in [0.4, 0.5) is 0 Å². The molecular weight excluding hydrogens is 258 g/mol. The van der Waals surface area contributed by atoms with Crippen molar-refractivity contribution in [1.82, 2.24) is 0 Å². The fourth-order valence-corrected chi connectivity index (χ4v) is 2.14. The second-order valence-corrected chi connectivity index (χ2v) is 4.44. The largest absolute Gasteiger partial charge is 0.480 e. The Morgan fingerprint density at radius 2 is 2.27 bits per heavy atom. The molecule has 78 valence electrons. The first-order chi connectivity index (χ1) is 7.09. The van der Waals surface area contributed by atoms with Crippen LogP contribution in [0.2, 0.25) is 0 Å². The summed E-state index contributed by atoms with van der Waals surface area (Å²) in [6, 6.07) is 4.92. The maximum Gasteiger partial charge on any atom is 0.321 e. The van der Waals surface area contributed by atoms with Crippen molar-refractivity contribution >= 4 is 28.0 Å². The number of benzene rings is 1. The quantitative estimate of drug-likeness (QED) is 0.861. The van der Waals surface area contributed by atoms with Gasteiger partial charge in [-0.1, -0.05) is 34.1 Å². The molecule has 0 aliphatic heterocycles. The molecule has 0 spiro atoms. The van der Waals surface area contributed by atoms with Crippen LogP contribution in [-0.2, 0) is 4.79 Å². The van der Waals surface area contributed by atoms with E-state index in [0.717, 1.165) is 15.6 Å². The second-order valence-electron chi connectivity index (χ2n) is 3.52. The molecule has 0 saturated heterocycles. The molecule has 1 aromatic rings. The van der Waals surface area contributed by atoms with Crippen molar-refractivity contribution in [1.29, 1.82) is 0 Å². The Balaban J connectivity index is 2.39.